The van der Waals surface area contributed by atoms with Crippen molar-refractivity contribution in [2.24, 2.45) is 0 Å². The summed E-state index contributed by atoms with van der Waals surface area (Å²) < 4.78 is 4.98. The molecule has 0 aliphatic carbocycles. The van der Waals surface area contributed by atoms with Crippen molar-refractivity contribution in [3.8, 4) is 5.88 Å². The average Bonchev–Trinajstić information content (AvgIpc) is 2.39. The molecule has 1 fully saturated rings. The highest BCUT2D eigenvalue weighted by Crippen LogP contribution is 2.21. The fourth-order valence-corrected chi connectivity index (χ4v) is 1.81. The van der Waals surface area contributed by atoms with Crippen LogP contribution in [0.5, 0.6) is 5.88 Å². The number of methoxy groups -OCH3 is 1. The molecule has 1 aliphatic rings. The summed E-state index contributed by atoms with van der Waals surface area (Å²) in [5, 5.41) is 13.6. The van der Waals surface area contributed by atoms with Crippen LogP contribution in [0.4, 0.5) is 5.69 Å². The molecule has 0 atom stereocenters. The van der Waals surface area contributed by atoms with Gasteiger partial charge in [0.05, 0.1) is 23.9 Å². The first-order valence-electron chi connectivity index (χ1n) is 5.57. The Hall–Kier alpha value is -2.31. The van der Waals surface area contributed by atoms with Crippen molar-refractivity contribution in [3.63, 3.8) is 0 Å². The number of nitrogens with zero attached hydrogens (tertiary/aromatic N) is 3. The van der Waals surface area contributed by atoms with Crippen molar-refractivity contribution in [1.29, 1.82) is 0 Å². The van der Waals surface area contributed by atoms with Crippen LogP contribution >= 0.6 is 0 Å². The van der Waals surface area contributed by atoms with Gasteiger partial charge in [0.15, 0.2) is 5.82 Å². The van der Waals surface area contributed by atoms with Crippen LogP contribution in [0.25, 0.3) is 0 Å². The molecule has 2 heterocycles. The van der Waals surface area contributed by atoms with Crippen molar-refractivity contribution in [2.75, 3.05) is 25.1 Å². The summed E-state index contributed by atoms with van der Waals surface area (Å²) in [5.74, 6) is 1.00. The van der Waals surface area contributed by atoms with Crippen molar-refractivity contribution < 1.29 is 9.66 Å². The lowest BCUT2D eigenvalue weighted by Gasteiger charge is -2.30. The molecule has 0 aromatic carbocycles. The molecule has 0 spiro atoms. The predicted octanol–water partition coefficient (Wildman–Crippen LogP) is 0.965. The van der Waals surface area contributed by atoms with Gasteiger partial charge in [0, 0.05) is 19.2 Å². The van der Waals surface area contributed by atoms with Gasteiger partial charge in [-0.2, -0.15) is 0 Å². The maximum atomic E-state index is 10.6. The monoisotopic (exact) mass is 250 g/mol. The van der Waals surface area contributed by atoms with Crippen molar-refractivity contribution >= 4 is 5.69 Å². The molecule has 0 unspecified atom stereocenters. The molecular weight excluding hydrogens is 236 g/mol. The van der Waals surface area contributed by atoms with Crippen LogP contribution in [0.15, 0.2) is 30.4 Å². The Bertz CT molecular complexity index is 458. The Labute approximate surface area is 104 Å². The number of nitro groups is 1. The maximum absolute atomic E-state index is 10.6. The molecule has 7 heteroatoms. The standard InChI is InChI=1S/C11H14N4O3/c1-18-11-4-3-9(7-13-11)14-6-2-5-12-10(14)8-15(16)17/h3-4,7-8,12H,2,5-6H2,1H3/b10-8-. The molecule has 1 saturated heterocycles. The van der Waals surface area contributed by atoms with E-state index in [-0.39, 0.29) is 0 Å². The van der Waals surface area contributed by atoms with Gasteiger partial charge in [-0.3, -0.25) is 10.1 Å². The van der Waals surface area contributed by atoms with Gasteiger partial charge >= 0.3 is 0 Å². The third kappa shape index (κ3) is 2.68. The summed E-state index contributed by atoms with van der Waals surface area (Å²) >= 11 is 0. The molecule has 1 aliphatic heterocycles. The van der Waals surface area contributed by atoms with Gasteiger partial charge in [0.1, 0.15) is 0 Å². The largest absolute Gasteiger partial charge is 0.481 e. The third-order valence-electron chi connectivity index (χ3n) is 2.62. The van der Waals surface area contributed by atoms with Gasteiger partial charge in [0.25, 0.3) is 6.20 Å². The van der Waals surface area contributed by atoms with E-state index < -0.39 is 4.92 Å². The molecule has 1 aromatic rings. The normalized spacial score (nSPS) is 17.4. The Balaban J connectivity index is 2.25. The molecule has 1 aromatic heterocycles. The topological polar surface area (TPSA) is 80.5 Å². The van der Waals surface area contributed by atoms with E-state index in [1.165, 1.54) is 0 Å². The van der Waals surface area contributed by atoms with E-state index in [2.05, 4.69) is 10.3 Å². The van der Waals surface area contributed by atoms with Crippen LogP contribution in [0, 0.1) is 10.1 Å². The summed E-state index contributed by atoms with van der Waals surface area (Å²) in [6, 6.07) is 3.56. The summed E-state index contributed by atoms with van der Waals surface area (Å²) in [4.78, 5) is 16.0. The second kappa shape index (κ2) is 5.35. The summed E-state index contributed by atoms with van der Waals surface area (Å²) in [7, 11) is 1.54. The zero-order valence-electron chi connectivity index (χ0n) is 10.00. The zero-order chi connectivity index (χ0) is 13.0. The van der Waals surface area contributed by atoms with Gasteiger partial charge in [-0.05, 0) is 12.5 Å². The number of anilines is 1. The first-order valence-corrected chi connectivity index (χ1v) is 5.57. The van der Waals surface area contributed by atoms with E-state index >= 15 is 0 Å². The maximum Gasteiger partial charge on any atom is 0.274 e. The van der Waals surface area contributed by atoms with Crippen LogP contribution in [-0.4, -0.2) is 30.1 Å². The zero-order valence-corrected chi connectivity index (χ0v) is 10.00. The Kier molecular flexibility index (Phi) is 3.61. The molecule has 0 radical (unpaired) electrons. The smallest absolute Gasteiger partial charge is 0.274 e. The lowest BCUT2D eigenvalue weighted by atomic mass is 10.2. The minimum atomic E-state index is -0.461. The third-order valence-corrected chi connectivity index (χ3v) is 2.62. The minimum Gasteiger partial charge on any atom is -0.481 e. The van der Waals surface area contributed by atoms with E-state index in [4.69, 9.17) is 4.74 Å². The second-order valence-electron chi connectivity index (χ2n) is 3.79. The van der Waals surface area contributed by atoms with Crippen LogP contribution in [0.2, 0.25) is 0 Å². The van der Waals surface area contributed by atoms with Gasteiger partial charge in [0.2, 0.25) is 5.88 Å². The molecule has 0 amide bonds. The number of aromatic nitrogens is 1. The summed E-state index contributed by atoms with van der Waals surface area (Å²) in [6.45, 7) is 1.46. The highest BCUT2D eigenvalue weighted by atomic mass is 16.6. The summed E-state index contributed by atoms with van der Waals surface area (Å²) in [6.07, 6.45) is 3.53. The van der Waals surface area contributed by atoms with E-state index in [1.807, 2.05) is 11.0 Å². The van der Waals surface area contributed by atoms with E-state index in [9.17, 15) is 10.1 Å². The molecule has 0 saturated carbocycles. The number of rotatable bonds is 3. The van der Waals surface area contributed by atoms with Crippen molar-refractivity contribution in [3.05, 3.63) is 40.5 Å². The van der Waals surface area contributed by atoms with Crippen LogP contribution < -0.4 is 15.0 Å². The lowest BCUT2D eigenvalue weighted by Crippen LogP contribution is -2.39. The van der Waals surface area contributed by atoms with Crippen LogP contribution in [0.1, 0.15) is 6.42 Å². The molecule has 1 N–H and O–H groups in total. The highest BCUT2D eigenvalue weighted by molar-refractivity contribution is 5.51. The van der Waals surface area contributed by atoms with E-state index in [0.717, 1.165) is 31.4 Å². The molecule has 0 bridgehead atoms. The predicted molar refractivity (Wildman–Crippen MR) is 65.8 cm³/mol. The van der Waals surface area contributed by atoms with Gasteiger partial charge in [-0.15, -0.1) is 0 Å². The number of pyridine rings is 1. The van der Waals surface area contributed by atoms with Crippen LogP contribution in [0.3, 0.4) is 0 Å². The van der Waals surface area contributed by atoms with Crippen LogP contribution in [-0.2, 0) is 0 Å². The first-order chi connectivity index (χ1) is 8.70. The number of ether oxygens (including phenoxy) is 1. The lowest BCUT2D eigenvalue weighted by molar-refractivity contribution is -0.403. The molecule has 7 nitrogen and oxygen atoms in total. The number of hydrogen-bond acceptors (Lipinski definition) is 6. The molecule has 96 valence electrons. The number of nitrogens with one attached hydrogen (secondary N) is 1. The second-order valence-corrected chi connectivity index (χ2v) is 3.79. The van der Waals surface area contributed by atoms with Gasteiger partial charge < -0.3 is 15.0 Å². The quantitative estimate of drug-likeness (QED) is 0.636. The molecule has 18 heavy (non-hydrogen) atoms. The molecule has 2 rings (SSSR count). The van der Waals surface area contributed by atoms with E-state index in [0.29, 0.717) is 11.7 Å². The Morgan fingerprint density at radius 1 is 1.61 bits per heavy atom. The highest BCUT2D eigenvalue weighted by Gasteiger charge is 2.19. The van der Waals surface area contributed by atoms with E-state index in [1.54, 1.807) is 19.4 Å². The summed E-state index contributed by atoms with van der Waals surface area (Å²) in [5.41, 5.74) is 0.802. The van der Waals surface area contributed by atoms with Gasteiger partial charge in [-0.1, -0.05) is 0 Å². The minimum absolute atomic E-state index is 0.461. The fourth-order valence-electron chi connectivity index (χ4n) is 1.81. The van der Waals surface area contributed by atoms with Crippen molar-refractivity contribution in [2.45, 2.75) is 6.42 Å². The van der Waals surface area contributed by atoms with Crippen molar-refractivity contribution in [1.82, 2.24) is 10.3 Å². The average molecular weight is 250 g/mol. The Morgan fingerprint density at radius 3 is 3.06 bits per heavy atom. The molecular formula is C11H14N4O3. The fraction of sp³-hybridized carbons (Fsp3) is 0.364. The SMILES string of the molecule is COc1ccc(N2CCCN/C2=C/[N+](=O)[O-])cn1. The van der Waals surface area contributed by atoms with Gasteiger partial charge in [-0.25, -0.2) is 4.98 Å². The number of hydrogen-bond donors (Lipinski definition) is 1. The Morgan fingerprint density at radius 2 is 2.44 bits per heavy atom. The first kappa shape index (κ1) is 12.2.